The number of benzene rings is 2. The first-order valence-corrected chi connectivity index (χ1v) is 9.76. The first-order valence-electron chi connectivity index (χ1n) is 9.76. The van der Waals surface area contributed by atoms with Crippen LogP contribution >= 0.6 is 0 Å². The second-order valence-electron chi connectivity index (χ2n) is 7.80. The molecule has 0 radical (unpaired) electrons. The van der Waals surface area contributed by atoms with E-state index in [1.54, 1.807) is 36.2 Å². The van der Waals surface area contributed by atoms with Crippen LogP contribution in [0.2, 0.25) is 0 Å². The molecule has 0 spiro atoms. The smallest absolute Gasteiger partial charge is 0.362 e. The summed E-state index contributed by atoms with van der Waals surface area (Å²) < 4.78 is 43.1. The van der Waals surface area contributed by atoms with Gasteiger partial charge in [0, 0.05) is 24.9 Å². The summed E-state index contributed by atoms with van der Waals surface area (Å²) >= 11 is 0. The molecule has 0 aliphatic rings. The van der Waals surface area contributed by atoms with Crippen molar-refractivity contribution in [3.05, 3.63) is 63.2 Å². The molecule has 0 aliphatic carbocycles. The van der Waals surface area contributed by atoms with Crippen LogP contribution in [0, 0.1) is 13.8 Å². The second-order valence-corrected chi connectivity index (χ2v) is 7.80. The average molecular weight is 429 g/mol. The fourth-order valence-corrected chi connectivity index (χ4v) is 4.09. The van der Waals surface area contributed by atoms with Crippen molar-refractivity contribution in [2.24, 2.45) is 14.1 Å². The van der Waals surface area contributed by atoms with E-state index in [4.69, 9.17) is 0 Å². The van der Waals surface area contributed by atoms with Crippen molar-refractivity contribution in [2.45, 2.75) is 33.0 Å². The van der Waals surface area contributed by atoms with E-state index in [9.17, 15) is 18.0 Å². The second kappa shape index (κ2) is 7.11. The molecule has 0 unspecified atom stereocenters. The topological polar surface area (TPSA) is 64.7 Å². The van der Waals surface area contributed by atoms with Crippen molar-refractivity contribution >= 4 is 27.6 Å². The quantitative estimate of drug-likeness (QED) is 0.516. The lowest BCUT2D eigenvalue weighted by Gasteiger charge is -2.21. The minimum absolute atomic E-state index is 0.147. The Morgan fingerprint density at radius 2 is 1.61 bits per heavy atom. The molecular weight excluding hydrogens is 407 g/mol. The summed E-state index contributed by atoms with van der Waals surface area (Å²) in [5, 5.41) is 13.3. The number of nitrogens with one attached hydrogen (secondary N) is 1. The summed E-state index contributed by atoms with van der Waals surface area (Å²) in [6.07, 6.45) is -4.42. The lowest BCUT2D eigenvalue weighted by Crippen LogP contribution is -2.19. The number of aromatic nitrogens is 4. The van der Waals surface area contributed by atoms with Crippen LogP contribution in [0.4, 0.5) is 19.0 Å². The maximum Gasteiger partial charge on any atom is 0.416 e. The van der Waals surface area contributed by atoms with Gasteiger partial charge in [-0.25, -0.2) is 4.79 Å². The third-order valence-corrected chi connectivity index (χ3v) is 5.86. The number of alkyl halides is 3. The molecule has 4 aromatic rings. The van der Waals surface area contributed by atoms with Gasteiger partial charge in [0.05, 0.1) is 28.3 Å². The van der Waals surface area contributed by atoms with Crippen LogP contribution in [0.15, 0.2) is 35.1 Å². The Labute approximate surface area is 176 Å². The van der Waals surface area contributed by atoms with Crippen LogP contribution in [0.5, 0.6) is 0 Å². The number of fused-ring (bicyclic) bond motifs is 2. The van der Waals surface area contributed by atoms with Crippen molar-refractivity contribution in [3.8, 4) is 0 Å². The highest BCUT2D eigenvalue weighted by Crippen LogP contribution is 2.36. The Bertz CT molecular complexity index is 1380. The Morgan fingerprint density at radius 3 is 2.23 bits per heavy atom. The van der Waals surface area contributed by atoms with Crippen LogP contribution in [-0.2, 0) is 20.3 Å². The van der Waals surface area contributed by atoms with Crippen LogP contribution in [0.3, 0.4) is 0 Å². The van der Waals surface area contributed by atoms with E-state index < -0.39 is 17.8 Å². The SMILES string of the molecule is Cc1c([C@@H](C)Nc2nnc(C)c3cc4c(cc23)n(C)c(=O)n4C)cccc1C(F)(F)F. The molecule has 9 heteroatoms. The van der Waals surface area contributed by atoms with Crippen LogP contribution in [0.25, 0.3) is 21.8 Å². The summed E-state index contributed by atoms with van der Waals surface area (Å²) in [5.41, 5.74) is 2.10. The predicted molar refractivity (Wildman–Crippen MR) is 114 cm³/mol. The molecule has 6 nitrogen and oxygen atoms in total. The Kier molecular flexibility index (Phi) is 4.79. The standard InChI is InChI=1S/C22H22F3N5O/c1-11-14(7-6-8-17(11)22(23,24)25)12(2)26-20-16-10-19-18(29(4)21(31)30(19)5)9-15(16)13(3)27-28-20/h6-10,12H,1-5H3,(H,26,28)/t12-/m1/s1. The predicted octanol–water partition coefficient (Wildman–Crippen LogP) is 4.63. The van der Waals surface area contributed by atoms with Crippen molar-refractivity contribution in [3.63, 3.8) is 0 Å². The average Bonchev–Trinajstić information content (AvgIpc) is 2.92. The van der Waals surface area contributed by atoms with Gasteiger partial charge in [-0.3, -0.25) is 9.13 Å². The highest BCUT2D eigenvalue weighted by molar-refractivity contribution is 6.01. The van der Waals surface area contributed by atoms with E-state index in [0.717, 1.165) is 27.9 Å². The van der Waals surface area contributed by atoms with Gasteiger partial charge in [0.25, 0.3) is 0 Å². The third kappa shape index (κ3) is 3.34. The summed E-state index contributed by atoms with van der Waals surface area (Å²) in [5.74, 6) is 0.447. The molecule has 4 rings (SSSR count). The lowest BCUT2D eigenvalue weighted by atomic mass is 9.97. The van der Waals surface area contributed by atoms with Crippen LogP contribution in [0.1, 0.15) is 35.3 Å². The first-order chi connectivity index (χ1) is 14.5. The number of nitrogens with zero attached hydrogens (tertiary/aromatic N) is 4. The molecule has 1 N–H and O–H groups in total. The number of imidazole rings is 1. The molecular formula is C22H22F3N5O. The van der Waals surface area contributed by atoms with Crippen LogP contribution < -0.4 is 11.0 Å². The van der Waals surface area contributed by atoms with Gasteiger partial charge in [0.1, 0.15) is 0 Å². The number of anilines is 1. The molecule has 0 fully saturated rings. The fraction of sp³-hybridized carbons (Fsp3) is 0.318. The van der Waals surface area contributed by atoms with Crippen molar-refractivity contribution < 1.29 is 13.2 Å². The number of rotatable bonds is 3. The lowest BCUT2D eigenvalue weighted by molar-refractivity contribution is -0.138. The largest absolute Gasteiger partial charge is 0.416 e. The summed E-state index contributed by atoms with van der Waals surface area (Å²) in [4.78, 5) is 12.3. The summed E-state index contributed by atoms with van der Waals surface area (Å²) in [6, 6.07) is 7.47. The molecule has 0 amide bonds. The van der Waals surface area contributed by atoms with Gasteiger partial charge in [-0.2, -0.15) is 18.3 Å². The normalized spacial score (nSPS) is 13.2. The maximum absolute atomic E-state index is 13.3. The van der Waals surface area contributed by atoms with Gasteiger partial charge in [0.2, 0.25) is 0 Å². The van der Waals surface area contributed by atoms with Gasteiger partial charge < -0.3 is 5.32 Å². The van der Waals surface area contributed by atoms with Crippen molar-refractivity contribution in [1.82, 2.24) is 19.3 Å². The molecule has 1 atom stereocenters. The number of hydrogen-bond donors (Lipinski definition) is 1. The highest BCUT2D eigenvalue weighted by Gasteiger charge is 2.33. The first kappa shape index (κ1) is 20.9. The Morgan fingerprint density at radius 1 is 1.00 bits per heavy atom. The Hall–Kier alpha value is -3.36. The van der Waals surface area contributed by atoms with Gasteiger partial charge in [0.15, 0.2) is 5.82 Å². The number of aryl methyl sites for hydroxylation is 3. The van der Waals surface area contributed by atoms with Crippen molar-refractivity contribution in [2.75, 3.05) is 5.32 Å². The molecule has 0 aliphatic heterocycles. The zero-order valence-electron chi connectivity index (χ0n) is 17.8. The van der Waals surface area contributed by atoms with Gasteiger partial charge in [-0.15, -0.1) is 5.10 Å². The Balaban J connectivity index is 1.84. The molecule has 31 heavy (non-hydrogen) atoms. The van der Waals surface area contributed by atoms with Gasteiger partial charge in [-0.1, -0.05) is 12.1 Å². The van der Waals surface area contributed by atoms with Crippen molar-refractivity contribution in [1.29, 1.82) is 0 Å². The maximum atomic E-state index is 13.3. The highest BCUT2D eigenvalue weighted by atomic mass is 19.4. The summed E-state index contributed by atoms with van der Waals surface area (Å²) in [7, 11) is 3.40. The van der Waals surface area contributed by atoms with E-state index in [0.29, 0.717) is 17.1 Å². The molecule has 2 aromatic heterocycles. The van der Waals surface area contributed by atoms with E-state index in [1.165, 1.54) is 13.0 Å². The summed E-state index contributed by atoms with van der Waals surface area (Å²) in [6.45, 7) is 5.08. The fourth-order valence-electron chi connectivity index (χ4n) is 4.09. The molecule has 0 saturated carbocycles. The zero-order valence-corrected chi connectivity index (χ0v) is 17.8. The minimum Gasteiger partial charge on any atom is -0.362 e. The van der Waals surface area contributed by atoms with Gasteiger partial charge >= 0.3 is 11.9 Å². The minimum atomic E-state index is -4.42. The number of halogens is 3. The molecule has 2 heterocycles. The molecule has 0 bridgehead atoms. The van der Waals surface area contributed by atoms with E-state index in [2.05, 4.69) is 15.5 Å². The van der Waals surface area contributed by atoms with E-state index in [-0.39, 0.29) is 11.3 Å². The van der Waals surface area contributed by atoms with E-state index >= 15 is 0 Å². The molecule has 162 valence electrons. The van der Waals surface area contributed by atoms with Gasteiger partial charge in [-0.05, 0) is 50.1 Å². The third-order valence-electron chi connectivity index (χ3n) is 5.86. The number of hydrogen-bond acceptors (Lipinski definition) is 4. The zero-order chi connectivity index (χ0) is 22.7. The monoisotopic (exact) mass is 429 g/mol. The molecule has 2 aromatic carbocycles. The van der Waals surface area contributed by atoms with Crippen LogP contribution in [-0.4, -0.2) is 19.3 Å². The van der Waals surface area contributed by atoms with E-state index in [1.807, 2.05) is 19.1 Å². The molecule has 0 saturated heterocycles.